The molecule has 1 aliphatic rings. The molecule has 0 saturated carbocycles. The minimum Gasteiger partial charge on any atom is -0.481 e. The van der Waals surface area contributed by atoms with Crippen LogP contribution in [0.15, 0.2) is 18.3 Å². The third-order valence-corrected chi connectivity index (χ3v) is 2.69. The molecule has 0 spiro atoms. The molecule has 2 rings (SSSR count). The van der Waals surface area contributed by atoms with Crippen LogP contribution in [-0.4, -0.2) is 39.9 Å². The summed E-state index contributed by atoms with van der Waals surface area (Å²) in [6.45, 7) is 1.90. The molecule has 0 atom stereocenters. The Hall–Kier alpha value is -1.53. The van der Waals surface area contributed by atoms with E-state index in [9.17, 15) is 4.79 Å². The molecule has 86 valence electrons. The lowest BCUT2D eigenvalue weighted by Crippen LogP contribution is -2.68. The number of carboxylic acids is 1. The third-order valence-electron chi connectivity index (χ3n) is 2.69. The average molecular weight is 222 g/mol. The zero-order chi connectivity index (χ0) is 11.4. The highest BCUT2D eigenvalue weighted by molar-refractivity contribution is 5.68. The lowest BCUT2D eigenvalue weighted by molar-refractivity contribution is -0.139. The summed E-state index contributed by atoms with van der Waals surface area (Å²) in [6.07, 6.45) is 1.74. The van der Waals surface area contributed by atoms with Gasteiger partial charge in [0.2, 0.25) is 0 Å². The van der Waals surface area contributed by atoms with Crippen molar-refractivity contribution in [3.63, 3.8) is 0 Å². The monoisotopic (exact) mass is 222 g/mol. The Kier molecular flexibility index (Phi) is 3.12. The summed E-state index contributed by atoms with van der Waals surface area (Å²) >= 11 is 0. The predicted octanol–water partition coefficient (Wildman–Crippen LogP) is -0.617. The van der Waals surface area contributed by atoms with Gasteiger partial charge in [0.1, 0.15) is 0 Å². The van der Waals surface area contributed by atoms with Crippen LogP contribution >= 0.6 is 0 Å². The Morgan fingerprint density at radius 2 is 2.44 bits per heavy atom. The van der Waals surface area contributed by atoms with Crippen molar-refractivity contribution in [1.29, 1.82) is 0 Å². The van der Waals surface area contributed by atoms with Crippen LogP contribution in [0.4, 0.5) is 0 Å². The lowest BCUT2D eigenvalue weighted by Gasteiger charge is -2.42. The van der Waals surface area contributed by atoms with Gasteiger partial charge in [0.25, 0.3) is 0 Å². The molecule has 1 saturated heterocycles. The van der Waals surface area contributed by atoms with Crippen LogP contribution in [0.1, 0.15) is 12.1 Å². The van der Waals surface area contributed by atoms with E-state index >= 15 is 0 Å². The third kappa shape index (κ3) is 2.53. The summed E-state index contributed by atoms with van der Waals surface area (Å²) < 4.78 is 0. The maximum atomic E-state index is 10.7. The van der Waals surface area contributed by atoms with E-state index in [0.29, 0.717) is 19.6 Å². The largest absolute Gasteiger partial charge is 0.481 e. The second kappa shape index (κ2) is 4.54. The highest BCUT2D eigenvalue weighted by Gasteiger charge is 2.38. The van der Waals surface area contributed by atoms with Gasteiger partial charge in [-0.1, -0.05) is 0 Å². The molecule has 16 heavy (non-hydrogen) atoms. The number of carboxylic acid groups (broad SMARTS) is 1. The van der Waals surface area contributed by atoms with Crippen molar-refractivity contribution in [2.45, 2.75) is 18.5 Å². The second-order valence-corrected chi connectivity index (χ2v) is 4.02. The van der Waals surface area contributed by atoms with E-state index in [0.717, 1.165) is 5.69 Å². The van der Waals surface area contributed by atoms with Crippen molar-refractivity contribution in [1.82, 2.24) is 20.8 Å². The lowest BCUT2D eigenvalue weighted by atomic mass is 9.88. The van der Waals surface area contributed by atoms with Gasteiger partial charge in [-0.05, 0) is 12.1 Å². The number of nitrogens with one attached hydrogen (secondary N) is 2. The van der Waals surface area contributed by atoms with Gasteiger partial charge in [-0.25, -0.2) is 0 Å². The molecule has 0 radical (unpaired) electrons. The smallest absolute Gasteiger partial charge is 0.305 e. The number of aromatic nitrogens is 2. The fourth-order valence-corrected chi connectivity index (χ4v) is 1.73. The van der Waals surface area contributed by atoms with Crippen LogP contribution in [0.25, 0.3) is 0 Å². The minimum atomic E-state index is -0.784. The van der Waals surface area contributed by atoms with Crippen LogP contribution in [0.2, 0.25) is 0 Å². The van der Waals surface area contributed by atoms with Gasteiger partial charge >= 0.3 is 5.97 Å². The van der Waals surface area contributed by atoms with Gasteiger partial charge in [0.15, 0.2) is 0 Å². The second-order valence-electron chi connectivity index (χ2n) is 4.02. The van der Waals surface area contributed by atoms with Gasteiger partial charge in [0, 0.05) is 25.8 Å². The zero-order valence-electron chi connectivity index (χ0n) is 8.81. The molecule has 0 amide bonds. The molecule has 0 aliphatic carbocycles. The molecule has 3 N–H and O–H groups in total. The van der Waals surface area contributed by atoms with E-state index in [1.807, 2.05) is 12.1 Å². The van der Waals surface area contributed by atoms with Crippen molar-refractivity contribution in [3.05, 3.63) is 24.0 Å². The maximum Gasteiger partial charge on any atom is 0.305 e. The summed E-state index contributed by atoms with van der Waals surface area (Å²) in [5.41, 5.74) is 0.489. The molecule has 1 aliphatic heterocycles. The zero-order valence-corrected chi connectivity index (χ0v) is 8.81. The molecule has 2 heterocycles. The Morgan fingerprint density at radius 3 is 2.94 bits per heavy atom. The predicted molar refractivity (Wildman–Crippen MR) is 56.7 cm³/mol. The summed E-state index contributed by atoms with van der Waals surface area (Å²) in [6, 6.07) is 3.67. The Balaban J connectivity index is 1.90. The highest BCUT2D eigenvalue weighted by Crippen LogP contribution is 2.16. The van der Waals surface area contributed by atoms with Gasteiger partial charge in [0.05, 0.1) is 17.7 Å². The Morgan fingerprint density at radius 1 is 1.62 bits per heavy atom. The van der Waals surface area contributed by atoms with Gasteiger partial charge in [-0.3, -0.25) is 4.79 Å². The number of aliphatic carboxylic acids is 1. The van der Waals surface area contributed by atoms with Crippen molar-refractivity contribution in [2.75, 3.05) is 13.1 Å². The van der Waals surface area contributed by atoms with Gasteiger partial charge in [-0.15, -0.1) is 0 Å². The van der Waals surface area contributed by atoms with Crippen molar-refractivity contribution in [2.24, 2.45) is 0 Å². The summed E-state index contributed by atoms with van der Waals surface area (Å²) in [5, 5.41) is 22.8. The minimum absolute atomic E-state index is 0.125. The first-order valence-corrected chi connectivity index (χ1v) is 5.14. The fourth-order valence-electron chi connectivity index (χ4n) is 1.73. The maximum absolute atomic E-state index is 10.7. The first-order valence-electron chi connectivity index (χ1n) is 5.14. The quantitative estimate of drug-likeness (QED) is 0.615. The Labute approximate surface area is 93.1 Å². The van der Waals surface area contributed by atoms with Crippen molar-refractivity contribution < 1.29 is 9.90 Å². The fraction of sp³-hybridized carbons (Fsp3) is 0.500. The topological polar surface area (TPSA) is 87.1 Å². The van der Waals surface area contributed by atoms with Gasteiger partial charge in [-0.2, -0.15) is 10.2 Å². The van der Waals surface area contributed by atoms with Crippen LogP contribution in [0.3, 0.4) is 0 Å². The standard InChI is InChI=1S/C10H14N4O2/c15-9(16)4-10(6-11-7-10)12-5-8-2-1-3-13-14-8/h1-3,11-12H,4-7H2,(H,15,16). The molecule has 6 heteroatoms. The highest BCUT2D eigenvalue weighted by atomic mass is 16.4. The number of hydrogen-bond donors (Lipinski definition) is 3. The molecular weight excluding hydrogens is 208 g/mol. The van der Waals surface area contributed by atoms with E-state index in [2.05, 4.69) is 20.8 Å². The molecule has 0 aromatic carbocycles. The van der Waals surface area contributed by atoms with Crippen LogP contribution < -0.4 is 10.6 Å². The Bertz CT molecular complexity index is 364. The molecule has 0 unspecified atom stereocenters. The van der Waals surface area contributed by atoms with E-state index in [1.54, 1.807) is 6.20 Å². The van der Waals surface area contributed by atoms with E-state index < -0.39 is 5.97 Å². The molecule has 1 aromatic heterocycles. The van der Waals surface area contributed by atoms with Crippen LogP contribution in [-0.2, 0) is 11.3 Å². The summed E-state index contributed by atoms with van der Waals surface area (Å²) in [4.78, 5) is 10.7. The van der Waals surface area contributed by atoms with Crippen molar-refractivity contribution in [3.8, 4) is 0 Å². The number of carbonyl (C=O) groups is 1. The number of nitrogens with zero attached hydrogens (tertiary/aromatic N) is 2. The average Bonchev–Trinajstić information content (AvgIpc) is 2.23. The van der Waals surface area contributed by atoms with Crippen LogP contribution in [0.5, 0.6) is 0 Å². The normalized spacial score (nSPS) is 17.8. The molecule has 0 bridgehead atoms. The van der Waals surface area contributed by atoms with E-state index in [-0.39, 0.29) is 12.0 Å². The SMILES string of the molecule is O=C(O)CC1(NCc2cccnn2)CNC1. The first-order chi connectivity index (χ1) is 7.70. The van der Waals surface area contributed by atoms with E-state index in [4.69, 9.17) is 5.11 Å². The van der Waals surface area contributed by atoms with Crippen LogP contribution in [0, 0.1) is 0 Å². The summed E-state index contributed by atoms with van der Waals surface area (Å²) in [7, 11) is 0. The van der Waals surface area contributed by atoms with E-state index in [1.165, 1.54) is 0 Å². The molecular formula is C10H14N4O2. The molecule has 6 nitrogen and oxygen atoms in total. The van der Waals surface area contributed by atoms with Gasteiger partial charge < -0.3 is 15.7 Å². The number of hydrogen-bond acceptors (Lipinski definition) is 5. The number of rotatable bonds is 5. The molecule has 1 aromatic rings. The summed E-state index contributed by atoms with van der Waals surface area (Å²) in [5.74, 6) is -0.784. The first kappa shape index (κ1) is 11.0. The molecule has 1 fully saturated rings. The van der Waals surface area contributed by atoms with Crippen molar-refractivity contribution >= 4 is 5.97 Å².